The Kier molecular flexibility index (Phi) is 3.10. The lowest BCUT2D eigenvalue weighted by Crippen LogP contribution is -2.54. The minimum Gasteiger partial charge on any atom is -0.394 e. The fourth-order valence-corrected chi connectivity index (χ4v) is 1.42. The van der Waals surface area contributed by atoms with E-state index in [1.807, 2.05) is 0 Å². The molecule has 0 aliphatic heterocycles. The molecule has 3 heteroatoms. The number of rotatable bonds is 4. The second kappa shape index (κ2) is 3.70. The molecule has 1 fully saturated rings. The Balaban J connectivity index is 2.27. The number of aliphatic hydroxyl groups excluding tert-OH is 1. The van der Waals surface area contributed by atoms with Gasteiger partial charge in [-0.3, -0.25) is 0 Å². The van der Waals surface area contributed by atoms with E-state index in [-0.39, 0.29) is 12.1 Å². The van der Waals surface area contributed by atoms with Crippen LogP contribution in [0, 0.1) is 0 Å². The molecule has 0 radical (unpaired) electrons. The fraction of sp³-hybridized carbons (Fsp3) is 0.750. The first kappa shape index (κ1) is 9.23. The molecule has 1 aliphatic carbocycles. The van der Waals surface area contributed by atoms with Gasteiger partial charge < -0.3 is 10.4 Å². The highest BCUT2D eigenvalue weighted by atomic mass is 79.9. The van der Waals surface area contributed by atoms with Gasteiger partial charge in [-0.25, -0.2) is 0 Å². The van der Waals surface area contributed by atoms with Gasteiger partial charge in [-0.2, -0.15) is 0 Å². The fourth-order valence-electron chi connectivity index (χ4n) is 1.28. The Morgan fingerprint density at radius 1 is 1.64 bits per heavy atom. The van der Waals surface area contributed by atoms with Crippen LogP contribution in [-0.4, -0.2) is 23.8 Å². The Bertz CT molecular complexity index is 149. The highest BCUT2D eigenvalue weighted by Gasteiger charge is 2.35. The van der Waals surface area contributed by atoms with E-state index in [9.17, 15) is 0 Å². The monoisotopic (exact) mass is 219 g/mol. The molecule has 64 valence electrons. The van der Waals surface area contributed by atoms with Gasteiger partial charge in [0.2, 0.25) is 0 Å². The minimum atomic E-state index is 0.0106. The van der Waals surface area contributed by atoms with Gasteiger partial charge in [0.25, 0.3) is 0 Å². The van der Waals surface area contributed by atoms with E-state index in [0.717, 1.165) is 23.9 Å². The number of hydrogen-bond acceptors (Lipinski definition) is 2. The summed E-state index contributed by atoms with van der Waals surface area (Å²) >= 11 is 3.27. The summed E-state index contributed by atoms with van der Waals surface area (Å²) in [4.78, 5) is 0. The van der Waals surface area contributed by atoms with E-state index in [0.29, 0.717) is 0 Å². The molecule has 0 bridgehead atoms. The summed E-state index contributed by atoms with van der Waals surface area (Å²) in [5.41, 5.74) is 0.0106. The van der Waals surface area contributed by atoms with Crippen molar-refractivity contribution in [1.29, 1.82) is 0 Å². The van der Waals surface area contributed by atoms with Crippen LogP contribution >= 0.6 is 15.9 Å². The Morgan fingerprint density at radius 3 is 2.55 bits per heavy atom. The van der Waals surface area contributed by atoms with Crippen LogP contribution in [-0.2, 0) is 0 Å². The summed E-state index contributed by atoms with van der Waals surface area (Å²) in [6.07, 6.45) is 3.40. The topological polar surface area (TPSA) is 32.3 Å². The molecule has 0 saturated heterocycles. The van der Waals surface area contributed by atoms with Gasteiger partial charge in [-0.15, -0.1) is 0 Å². The zero-order chi connectivity index (χ0) is 8.32. The third-order valence-electron chi connectivity index (χ3n) is 2.27. The zero-order valence-electron chi connectivity index (χ0n) is 6.57. The number of nitrogens with one attached hydrogen (secondary N) is 1. The molecular weight excluding hydrogens is 206 g/mol. The largest absolute Gasteiger partial charge is 0.394 e. The molecule has 0 spiro atoms. The van der Waals surface area contributed by atoms with Gasteiger partial charge in [0.05, 0.1) is 6.61 Å². The predicted octanol–water partition coefficient (Wildman–Crippen LogP) is 1.40. The minimum absolute atomic E-state index is 0.0106. The maximum absolute atomic E-state index is 9.04. The van der Waals surface area contributed by atoms with Crippen LogP contribution in [0.3, 0.4) is 0 Å². The van der Waals surface area contributed by atoms with Gasteiger partial charge in [0, 0.05) is 16.6 Å². The van der Waals surface area contributed by atoms with E-state index in [1.54, 1.807) is 0 Å². The van der Waals surface area contributed by atoms with Crippen LogP contribution < -0.4 is 5.32 Å². The molecule has 11 heavy (non-hydrogen) atoms. The molecule has 0 amide bonds. The van der Waals surface area contributed by atoms with Gasteiger partial charge in [0.15, 0.2) is 0 Å². The quantitative estimate of drug-likeness (QED) is 0.750. The number of aliphatic hydroxyl groups is 1. The molecule has 2 N–H and O–H groups in total. The molecule has 0 unspecified atom stereocenters. The summed E-state index contributed by atoms with van der Waals surface area (Å²) in [6, 6.07) is 0. The Hall–Kier alpha value is 0.140. The smallest absolute Gasteiger partial charge is 0.0613 e. The van der Waals surface area contributed by atoms with Gasteiger partial charge >= 0.3 is 0 Å². The molecule has 1 rings (SSSR count). The van der Waals surface area contributed by atoms with Crippen LogP contribution in [0.25, 0.3) is 0 Å². The Labute approximate surface area is 75.8 Å². The van der Waals surface area contributed by atoms with Crippen molar-refractivity contribution < 1.29 is 5.11 Å². The normalized spacial score (nSPS) is 20.9. The standard InChI is InChI=1S/C8H14BrNO/c1-7(9)5-10-8(6-11)3-2-4-8/h10-11H,1-6H2. The van der Waals surface area contributed by atoms with E-state index in [4.69, 9.17) is 5.11 Å². The van der Waals surface area contributed by atoms with Crippen molar-refractivity contribution in [2.75, 3.05) is 13.2 Å². The van der Waals surface area contributed by atoms with Gasteiger partial charge in [-0.1, -0.05) is 22.5 Å². The van der Waals surface area contributed by atoms with Gasteiger partial charge in [0.1, 0.15) is 0 Å². The van der Waals surface area contributed by atoms with Crippen LogP contribution in [0.4, 0.5) is 0 Å². The van der Waals surface area contributed by atoms with Gasteiger partial charge in [-0.05, 0) is 19.3 Å². The molecule has 0 aromatic carbocycles. The van der Waals surface area contributed by atoms with Crippen molar-refractivity contribution in [3.05, 3.63) is 11.1 Å². The molecule has 0 atom stereocenters. The highest BCUT2D eigenvalue weighted by Crippen LogP contribution is 2.31. The molecule has 2 nitrogen and oxygen atoms in total. The summed E-state index contributed by atoms with van der Waals surface area (Å²) < 4.78 is 0.942. The van der Waals surface area contributed by atoms with Crippen LogP contribution in [0.5, 0.6) is 0 Å². The first-order chi connectivity index (χ1) is 5.18. The molecule has 0 aromatic heterocycles. The van der Waals surface area contributed by atoms with Crippen LogP contribution in [0.1, 0.15) is 19.3 Å². The third-order valence-corrected chi connectivity index (χ3v) is 2.55. The SMILES string of the molecule is C=C(Br)CNC1(CO)CCC1. The molecule has 1 aliphatic rings. The lowest BCUT2D eigenvalue weighted by Gasteiger charge is -2.41. The van der Waals surface area contributed by atoms with Crippen molar-refractivity contribution >= 4 is 15.9 Å². The third kappa shape index (κ3) is 2.29. The number of hydrogen-bond donors (Lipinski definition) is 2. The average Bonchev–Trinajstić information content (AvgIpc) is 1.86. The highest BCUT2D eigenvalue weighted by molar-refractivity contribution is 9.11. The van der Waals surface area contributed by atoms with E-state index in [2.05, 4.69) is 27.8 Å². The summed E-state index contributed by atoms with van der Waals surface area (Å²) in [7, 11) is 0. The van der Waals surface area contributed by atoms with Crippen LogP contribution in [0.2, 0.25) is 0 Å². The first-order valence-corrected chi connectivity index (χ1v) is 4.67. The lowest BCUT2D eigenvalue weighted by molar-refractivity contribution is 0.0924. The van der Waals surface area contributed by atoms with Crippen LogP contribution in [0.15, 0.2) is 11.1 Å². The molecule has 1 saturated carbocycles. The van der Waals surface area contributed by atoms with Crippen molar-refractivity contribution in [3.63, 3.8) is 0 Å². The zero-order valence-corrected chi connectivity index (χ0v) is 8.15. The average molecular weight is 220 g/mol. The summed E-state index contributed by atoms with van der Waals surface area (Å²) in [5, 5.41) is 12.3. The molecule has 0 heterocycles. The predicted molar refractivity (Wildman–Crippen MR) is 49.7 cm³/mol. The van der Waals surface area contributed by atoms with E-state index in [1.165, 1.54) is 6.42 Å². The van der Waals surface area contributed by atoms with E-state index < -0.39 is 0 Å². The first-order valence-electron chi connectivity index (χ1n) is 3.88. The maximum Gasteiger partial charge on any atom is 0.0613 e. The summed E-state index contributed by atoms with van der Waals surface area (Å²) in [6.45, 7) is 4.72. The second-order valence-electron chi connectivity index (χ2n) is 3.16. The van der Waals surface area contributed by atoms with Crippen molar-refractivity contribution in [2.24, 2.45) is 0 Å². The lowest BCUT2D eigenvalue weighted by atomic mass is 9.77. The second-order valence-corrected chi connectivity index (χ2v) is 4.28. The van der Waals surface area contributed by atoms with Crippen molar-refractivity contribution in [3.8, 4) is 0 Å². The molecular formula is C8H14BrNO. The van der Waals surface area contributed by atoms with Crippen molar-refractivity contribution in [2.45, 2.75) is 24.8 Å². The van der Waals surface area contributed by atoms with Crippen molar-refractivity contribution in [1.82, 2.24) is 5.32 Å². The Morgan fingerprint density at radius 2 is 2.27 bits per heavy atom. The van der Waals surface area contributed by atoms with E-state index >= 15 is 0 Å². The summed E-state index contributed by atoms with van der Waals surface area (Å²) in [5.74, 6) is 0. The maximum atomic E-state index is 9.04. The number of halogens is 1. The molecule has 0 aromatic rings.